The van der Waals surface area contributed by atoms with Gasteiger partial charge in [-0.15, -0.1) is 0 Å². The van der Waals surface area contributed by atoms with Gasteiger partial charge in [-0.3, -0.25) is 14.2 Å². The summed E-state index contributed by atoms with van der Waals surface area (Å²) < 4.78 is 1.93. The first kappa shape index (κ1) is 22.0. The smallest absolute Gasteiger partial charge is 0.217 e. The minimum absolute atomic E-state index is 0.199. The lowest BCUT2D eigenvalue weighted by Crippen LogP contribution is -2.24. The van der Waals surface area contributed by atoms with Crippen molar-refractivity contribution in [3.05, 3.63) is 58.9 Å². The Kier molecular flexibility index (Phi) is 7.60. The molecule has 1 aromatic heterocycles. The van der Waals surface area contributed by atoms with E-state index in [1.165, 1.54) is 32.4 Å². The number of piperidine rings is 1. The Morgan fingerprint density at radius 1 is 1.17 bits per heavy atom. The molecule has 6 nitrogen and oxygen atoms in total. The fraction of sp³-hybridized carbons (Fsp3) is 0.348. The standard InChI is InChI=1S/C17H14ClN3O2.C6H13N/c18-12-2-1-3-13(9-12)21-15-5-4-11(10-22)8-14(15)20-17(21)7-6-16(19)23;1-7-5-3-2-4-6-7/h1-5,8-10H,6-7H2,(H2,19,23);2-6H2,1H3. The number of primary amides is 1. The number of hydrogen-bond acceptors (Lipinski definition) is 4. The summed E-state index contributed by atoms with van der Waals surface area (Å²) in [6.45, 7) is 2.64. The number of benzene rings is 2. The monoisotopic (exact) mass is 426 g/mol. The van der Waals surface area contributed by atoms with Crippen molar-refractivity contribution in [2.75, 3.05) is 20.1 Å². The van der Waals surface area contributed by atoms with Gasteiger partial charge in [-0.1, -0.05) is 24.1 Å². The fourth-order valence-corrected chi connectivity index (χ4v) is 3.76. The first-order chi connectivity index (χ1) is 14.5. The van der Waals surface area contributed by atoms with Crippen LogP contribution in [0.3, 0.4) is 0 Å². The molecule has 3 aromatic rings. The number of rotatable bonds is 5. The quantitative estimate of drug-likeness (QED) is 0.625. The SMILES string of the molecule is CN1CCCCC1.NC(=O)CCc1nc2cc(C=O)ccc2n1-c1cccc(Cl)c1. The van der Waals surface area contributed by atoms with E-state index in [1.54, 1.807) is 18.2 Å². The minimum Gasteiger partial charge on any atom is -0.370 e. The molecule has 0 spiro atoms. The molecule has 7 heteroatoms. The summed E-state index contributed by atoms with van der Waals surface area (Å²) in [7, 11) is 2.19. The molecule has 0 radical (unpaired) electrons. The Morgan fingerprint density at radius 2 is 1.93 bits per heavy atom. The molecule has 1 saturated heterocycles. The summed E-state index contributed by atoms with van der Waals surface area (Å²) in [5, 5.41) is 0.606. The van der Waals surface area contributed by atoms with Crippen LogP contribution in [-0.4, -0.2) is 46.8 Å². The van der Waals surface area contributed by atoms with E-state index in [0.29, 0.717) is 28.3 Å². The van der Waals surface area contributed by atoms with Crippen LogP contribution >= 0.6 is 11.6 Å². The van der Waals surface area contributed by atoms with E-state index >= 15 is 0 Å². The maximum atomic E-state index is 11.1. The molecule has 0 bridgehead atoms. The molecule has 2 N–H and O–H groups in total. The number of nitrogens with two attached hydrogens (primary N) is 1. The highest BCUT2D eigenvalue weighted by Gasteiger charge is 2.14. The molecule has 0 unspecified atom stereocenters. The molecule has 0 aliphatic carbocycles. The van der Waals surface area contributed by atoms with Gasteiger partial charge in [-0.05, 0) is 69.4 Å². The number of carbonyl (C=O) groups excluding carboxylic acids is 2. The van der Waals surface area contributed by atoms with Crippen LogP contribution in [-0.2, 0) is 11.2 Å². The van der Waals surface area contributed by atoms with Gasteiger partial charge in [0.2, 0.25) is 5.91 Å². The van der Waals surface area contributed by atoms with Crippen LogP contribution in [0.15, 0.2) is 42.5 Å². The first-order valence-electron chi connectivity index (χ1n) is 10.2. The number of aromatic nitrogens is 2. The van der Waals surface area contributed by atoms with E-state index in [-0.39, 0.29) is 12.3 Å². The third kappa shape index (κ3) is 5.68. The van der Waals surface area contributed by atoms with Crippen LogP contribution in [0.5, 0.6) is 0 Å². The molecule has 2 aromatic carbocycles. The van der Waals surface area contributed by atoms with Gasteiger partial charge >= 0.3 is 0 Å². The number of aldehydes is 1. The highest BCUT2D eigenvalue weighted by molar-refractivity contribution is 6.30. The number of imidazole rings is 1. The Balaban J connectivity index is 0.000000310. The number of halogens is 1. The van der Waals surface area contributed by atoms with Crippen molar-refractivity contribution in [1.82, 2.24) is 14.5 Å². The lowest BCUT2D eigenvalue weighted by molar-refractivity contribution is -0.118. The predicted molar refractivity (Wildman–Crippen MR) is 120 cm³/mol. The third-order valence-electron chi connectivity index (χ3n) is 5.13. The van der Waals surface area contributed by atoms with Crippen molar-refractivity contribution in [1.29, 1.82) is 0 Å². The van der Waals surface area contributed by atoms with Crippen LogP contribution in [0.4, 0.5) is 0 Å². The first-order valence-corrected chi connectivity index (χ1v) is 10.5. The second-order valence-electron chi connectivity index (χ2n) is 7.54. The normalized spacial score (nSPS) is 14.2. The van der Waals surface area contributed by atoms with Crippen molar-refractivity contribution in [2.45, 2.75) is 32.1 Å². The number of nitrogens with zero attached hydrogens (tertiary/aromatic N) is 3. The zero-order chi connectivity index (χ0) is 21.5. The molecule has 30 heavy (non-hydrogen) atoms. The molecule has 4 rings (SSSR count). The predicted octanol–water partition coefficient (Wildman–Crippen LogP) is 4.01. The lowest BCUT2D eigenvalue weighted by atomic mass is 10.1. The number of amides is 1. The molecule has 1 aliphatic rings. The van der Waals surface area contributed by atoms with E-state index in [9.17, 15) is 9.59 Å². The highest BCUT2D eigenvalue weighted by Crippen LogP contribution is 2.25. The van der Waals surface area contributed by atoms with Crippen LogP contribution in [0.1, 0.15) is 41.9 Å². The number of hydrogen-bond donors (Lipinski definition) is 1. The van der Waals surface area contributed by atoms with Gasteiger partial charge in [0, 0.05) is 29.1 Å². The molecule has 2 heterocycles. The van der Waals surface area contributed by atoms with Gasteiger partial charge in [-0.2, -0.15) is 0 Å². The van der Waals surface area contributed by atoms with Gasteiger partial charge < -0.3 is 10.6 Å². The zero-order valence-electron chi connectivity index (χ0n) is 17.2. The number of carbonyl (C=O) groups is 2. The second kappa shape index (κ2) is 10.4. The lowest BCUT2D eigenvalue weighted by Gasteiger charge is -2.20. The topological polar surface area (TPSA) is 81.2 Å². The van der Waals surface area contributed by atoms with Crippen LogP contribution in [0.2, 0.25) is 5.02 Å². The molecule has 0 saturated carbocycles. The van der Waals surface area contributed by atoms with Gasteiger partial charge in [0.1, 0.15) is 12.1 Å². The Labute approximate surface area is 181 Å². The van der Waals surface area contributed by atoms with Crippen LogP contribution in [0, 0.1) is 0 Å². The van der Waals surface area contributed by atoms with Gasteiger partial charge in [-0.25, -0.2) is 4.98 Å². The Bertz CT molecular complexity index is 1030. The molecular weight excluding hydrogens is 400 g/mol. The van der Waals surface area contributed by atoms with Crippen molar-refractivity contribution in [3.8, 4) is 5.69 Å². The summed E-state index contributed by atoms with van der Waals surface area (Å²) in [6.07, 6.45) is 5.66. The van der Waals surface area contributed by atoms with E-state index in [4.69, 9.17) is 17.3 Å². The van der Waals surface area contributed by atoms with E-state index in [2.05, 4.69) is 16.9 Å². The molecular formula is C23H27ClN4O2. The summed E-state index contributed by atoms with van der Waals surface area (Å²) in [6, 6.07) is 12.7. The van der Waals surface area contributed by atoms with Gasteiger partial charge in [0.15, 0.2) is 0 Å². The summed E-state index contributed by atoms with van der Waals surface area (Å²) in [5.41, 5.74) is 8.18. The Hall–Kier alpha value is -2.70. The van der Waals surface area contributed by atoms with E-state index in [0.717, 1.165) is 17.5 Å². The molecule has 1 aliphatic heterocycles. The molecule has 158 valence electrons. The maximum Gasteiger partial charge on any atom is 0.217 e. The van der Waals surface area contributed by atoms with E-state index in [1.807, 2.05) is 28.8 Å². The highest BCUT2D eigenvalue weighted by atomic mass is 35.5. The number of aryl methyl sites for hydroxylation is 1. The second-order valence-corrected chi connectivity index (χ2v) is 7.98. The average molecular weight is 427 g/mol. The van der Waals surface area contributed by atoms with Crippen molar-refractivity contribution < 1.29 is 9.59 Å². The van der Waals surface area contributed by atoms with E-state index < -0.39 is 0 Å². The largest absolute Gasteiger partial charge is 0.370 e. The van der Waals surface area contributed by atoms with Crippen LogP contribution in [0.25, 0.3) is 16.7 Å². The van der Waals surface area contributed by atoms with Crippen LogP contribution < -0.4 is 5.73 Å². The minimum atomic E-state index is -0.386. The zero-order valence-corrected chi connectivity index (χ0v) is 17.9. The third-order valence-corrected chi connectivity index (χ3v) is 5.36. The van der Waals surface area contributed by atoms with Gasteiger partial charge in [0.25, 0.3) is 0 Å². The van der Waals surface area contributed by atoms with Crippen molar-refractivity contribution in [2.24, 2.45) is 5.73 Å². The molecule has 0 atom stereocenters. The maximum absolute atomic E-state index is 11.1. The Morgan fingerprint density at radius 3 is 2.53 bits per heavy atom. The summed E-state index contributed by atoms with van der Waals surface area (Å²) in [4.78, 5) is 29.0. The molecule has 1 amide bonds. The average Bonchev–Trinajstić information content (AvgIpc) is 3.10. The summed E-state index contributed by atoms with van der Waals surface area (Å²) in [5.74, 6) is 0.312. The molecule has 1 fully saturated rings. The number of fused-ring (bicyclic) bond motifs is 1. The van der Waals surface area contributed by atoms with Crippen molar-refractivity contribution >= 4 is 34.8 Å². The fourth-order valence-electron chi connectivity index (χ4n) is 3.58. The summed E-state index contributed by atoms with van der Waals surface area (Å²) >= 11 is 6.09. The van der Waals surface area contributed by atoms with Gasteiger partial charge in [0.05, 0.1) is 11.0 Å². The van der Waals surface area contributed by atoms with Crippen molar-refractivity contribution in [3.63, 3.8) is 0 Å². The number of likely N-dealkylation sites (tertiary alicyclic amines) is 1.